The molecule has 0 spiro atoms. The van der Waals surface area contributed by atoms with Crippen molar-refractivity contribution in [3.63, 3.8) is 0 Å². The Hall–Kier alpha value is -1.88. The Morgan fingerprint density at radius 2 is 1.96 bits per heavy atom. The molecule has 124 valence electrons. The number of carboxylic acids is 1. The quantitative estimate of drug-likeness (QED) is 0.923. The Kier molecular flexibility index (Phi) is 4.39. The van der Waals surface area contributed by atoms with E-state index >= 15 is 0 Å². The van der Waals surface area contributed by atoms with Crippen molar-refractivity contribution in [2.24, 2.45) is 5.41 Å². The normalized spacial score (nSPS) is 26.4. The second kappa shape index (κ2) is 6.32. The van der Waals surface area contributed by atoms with Crippen molar-refractivity contribution >= 4 is 11.9 Å². The fraction of sp³-hybridized carbons (Fsp3) is 0.556. The average Bonchev–Trinajstić information content (AvgIpc) is 2.50. The number of hydrogen-bond acceptors (Lipinski definition) is 3. The number of carbonyl (C=O) groups excluding carboxylic acids is 1. The molecular weight excluding hydrogens is 294 g/mol. The van der Waals surface area contributed by atoms with Gasteiger partial charge in [0, 0.05) is 6.54 Å². The van der Waals surface area contributed by atoms with Gasteiger partial charge in [0.15, 0.2) is 6.10 Å². The molecule has 2 fully saturated rings. The molecule has 1 aromatic rings. The molecule has 1 aliphatic carbocycles. The highest BCUT2D eigenvalue weighted by Gasteiger charge is 2.48. The van der Waals surface area contributed by atoms with Crippen LogP contribution in [-0.2, 0) is 20.7 Å². The first-order valence-electron chi connectivity index (χ1n) is 8.22. The maximum Gasteiger partial charge on any atom is 0.334 e. The third-order valence-electron chi connectivity index (χ3n) is 4.97. The first kappa shape index (κ1) is 16.0. The molecule has 0 bridgehead atoms. The molecule has 5 nitrogen and oxygen atoms in total. The molecular formula is C18H23NO4. The van der Waals surface area contributed by atoms with Gasteiger partial charge in [0.2, 0.25) is 5.91 Å². The third-order valence-corrected chi connectivity index (χ3v) is 4.97. The first-order valence-corrected chi connectivity index (χ1v) is 8.22. The van der Waals surface area contributed by atoms with Gasteiger partial charge in [0.05, 0.1) is 18.1 Å². The zero-order valence-electron chi connectivity index (χ0n) is 13.4. The minimum atomic E-state index is -1.000. The van der Waals surface area contributed by atoms with Crippen molar-refractivity contribution in [1.29, 1.82) is 0 Å². The molecule has 1 aromatic carbocycles. The van der Waals surface area contributed by atoms with Crippen LogP contribution in [0.15, 0.2) is 30.3 Å². The molecule has 3 rings (SSSR count). The topological polar surface area (TPSA) is 66.8 Å². The van der Waals surface area contributed by atoms with Gasteiger partial charge >= 0.3 is 5.97 Å². The molecule has 1 heterocycles. The van der Waals surface area contributed by atoms with Gasteiger partial charge in [-0.1, -0.05) is 36.8 Å². The summed E-state index contributed by atoms with van der Waals surface area (Å²) in [6.45, 7) is 2.44. The van der Waals surface area contributed by atoms with E-state index in [1.807, 2.05) is 25.1 Å². The summed E-state index contributed by atoms with van der Waals surface area (Å²) in [6.07, 6.45) is 2.38. The molecule has 1 unspecified atom stereocenters. The van der Waals surface area contributed by atoms with E-state index in [4.69, 9.17) is 4.74 Å². The maximum atomic E-state index is 13.1. The summed E-state index contributed by atoms with van der Waals surface area (Å²) in [5.74, 6) is -0.908. The maximum absolute atomic E-state index is 13.1. The van der Waals surface area contributed by atoms with E-state index in [1.165, 1.54) is 0 Å². The number of nitrogens with zero attached hydrogens (tertiary/aromatic N) is 1. The van der Waals surface area contributed by atoms with Crippen LogP contribution < -0.4 is 0 Å². The van der Waals surface area contributed by atoms with E-state index in [2.05, 4.69) is 12.1 Å². The molecule has 1 N–H and O–H groups in total. The predicted octanol–water partition coefficient (Wildman–Crippen LogP) is 2.10. The van der Waals surface area contributed by atoms with Crippen molar-refractivity contribution in [2.75, 3.05) is 13.1 Å². The lowest BCUT2D eigenvalue weighted by molar-refractivity contribution is -0.172. The SMILES string of the molecule is C[C@@H]1CN(C(=O)C2(Cc3ccccc3)CCC2)CC(C(=O)O)O1. The van der Waals surface area contributed by atoms with Crippen LogP contribution in [0.4, 0.5) is 0 Å². The van der Waals surface area contributed by atoms with E-state index in [0.717, 1.165) is 31.2 Å². The number of carbonyl (C=O) groups is 2. The number of aliphatic carboxylic acids is 1. The van der Waals surface area contributed by atoms with Gasteiger partial charge in [0.25, 0.3) is 0 Å². The van der Waals surface area contributed by atoms with Crippen molar-refractivity contribution in [2.45, 2.75) is 44.8 Å². The zero-order chi connectivity index (χ0) is 16.4. The van der Waals surface area contributed by atoms with Crippen LogP contribution in [0, 0.1) is 5.41 Å². The van der Waals surface area contributed by atoms with E-state index in [0.29, 0.717) is 6.54 Å². The molecule has 1 saturated heterocycles. The van der Waals surface area contributed by atoms with Crippen molar-refractivity contribution in [1.82, 2.24) is 4.90 Å². The van der Waals surface area contributed by atoms with Crippen LogP contribution in [0.1, 0.15) is 31.7 Å². The van der Waals surface area contributed by atoms with Gasteiger partial charge in [-0.25, -0.2) is 4.79 Å². The molecule has 2 atom stereocenters. The number of benzene rings is 1. The first-order chi connectivity index (χ1) is 11.0. The van der Waals surface area contributed by atoms with Crippen LogP contribution in [0.2, 0.25) is 0 Å². The lowest BCUT2D eigenvalue weighted by Crippen LogP contribution is -2.57. The number of hydrogen-bond donors (Lipinski definition) is 1. The number of ether oxygens (including phenoxy) is 1. The molecule has 1 saturated carbocycles. The monoisotopic (exact) mass is 317 g/mol. The Balaban J connectivity index is 1.75. The summed E-state index contributed by atoms with van der Waals surface area (Å²) >= 11 is 0. The Bertz CT molecular complexity index is 582. The lowest BCUT2D eigenvalue weighted by Gasteiger charge is -2.46. The molecule has 1 aliphatic heterocycles. The minimum absolute atomic E-state index is 0.0917. The fourth-order valence-electron chi connectivity index (χ4n) is 3.65. The van der Waals surface area contributed by atoms with Crippen molar-refractivity contribution < 1.29 is 19.4 Å². The zero-order valence-corrected chi connectivity index (χ0v) is 13.4. The van der Waals surface area contributed by atoms with Gasteiger partial charge in [-0.05, 0) is 31.7 Å². The van der Waals surface area contributed by atoms with Gasteiger partial charge < -0.3 is 14.7 Å². The Morgan fingerprint density at radius 1 is 1.26 bits per heavy atom. The lowest BCUT2D eigenvalue weighted by atomic mass is 9.64. The highest BCUT2D eigenvalue weighted by molar-refractivity contribution is 5.85. The number of carboxylic acid groups (broad SMARTS) is 1. The number of amides is 1. The van der Waals surface area contributed by atoms with Gasteiger partial charge in [0.1, 0.15) is 0 Å². The van der Waals surface area contributed by atoms with Crippen molar-refractivity contribution in [3.8, 4) is 0 Å². The third kappa shape index (κ3) is 3.24. The largest absolute Gasteiger partial charge is 0.479 e. The van der Waals surface area contributed by atoms with E-state index in [9.17, 15) is 14.7 Å². The molecule has 0 radical (unpaired) electrons. The average molecular weight is 317 g/mol. The van der Waals surface area contributed by atoms with Gasteiger partial charge in [-0.15, -0.1) is 0 Å². The minimum Gasteiger partial charge on any atom is -0.479 e. The highest BCUT2D eigenvalue weighted by atomic mass is 16.5. The summed E-state index contributed by atoms with van der Waals surface area (Å²) in [5, 5.41) is 9.20. The van der Waals surface area contributed by atoms with E-state index in [1.54, 1.807) is 4.90 Å². The predicted molar refractivity (Wildman–Crippen MR) is 85.0 cm³/mol. The molecule has 1 amide bonds. The number of rotatable bonds is 4. The van der Waals surface area contributed by atoms with Crippen LogP contribution in [0.25, 0.3) is 0 Å². The summed E-state index contributed by atoms with van der Waals surface area (Å²) in [5.41, 5.74) is 0.804. The summed E-state index contributed by atoms with van der Waals surface area (Å²) in [6, 6.07) is 10.1. The number of morpholine rings is 1. The van der Waals surface area contributed by atoms with Crippen LogP contribution in [-0.4, -0.2) is 47.2 Å². The fourth-order valence-corrected chi connectivity index (χ4v) is 3.65. The molecule has 2 aliphatic rings. The highest BCUT2D eigenvalue weighted by Crippen LogP contribution is 2.45. The Labute approximate surface area is 136 Å². The smallest absolute Gasteiger partial charge is 0.334 e. The van der Waals surface area contributed by atoms with Gasteiger partial charge in [-0.2, -0.15) is 0 Å². The molecule has 0 aromatic heterocycles. The van der Waals surface area contributed by atoms with Crippen LogP contribution in [0.3, 0.4) is 0 Å². The second-order valence-electron chi connectivity index (χ2n) is 6.78. The standard InChI is InChI=1S/C18H23NO4/c1-13-11-19(12-15(23-13)16(20)21)17(22)18(8-5-9-18)10-14-6-3-2-4-7-14/h2-4,6-7,13,15H,5,8-12H2,1H3,(H,20,21)/t13-,15?/m1/s1. The molecule has 5 heteroatoms. The summed E-state index contributed by atoms with van der Waals surface area (Å²) in [4.78, 5) is 26.0. The van der Waals surface area contributed by atoms with Crippen molar-refractivity contribution in [3.05, 3.63) is 35.9 Å². The molecule has 23 heavy (non-hydrogen) atoms. The summed E-state index contributed by atoms with van der Waals surface area (Å²) < 4.78 is 5.42. The van der Waals surface area contributed by atoms with E-state index in [-0.39, 0.29) is 24.0 Å². The van der Waals surface area contributed by atoms with Crippen LogP contribution in [0.5, 0.6) is 0 Å². The Morgan fingerprint density at radius 3 is 2.52 bits per heavy atom. The van der Waals surface area contributed by atoms with Gasteiger partial charge in [-0.3, -0.25) is 4.79 Å². The van der Waals surface area contributed by atoms with Crippen LogP contribution >= 0.6 is 0 Å². The summed E-state index contributed by atoms with van der Waals surface area (Å²) in [7, 11) is 0. The second-order valence-corrected chi connectivity index (χ2v) is 6.78. The van der Waals surface area contributed by atoms with E-state index < -0.39 is 12.1 Å².